The van der Waals surface area contributed by atoms with Gasteiger partial charge in [-0.1, -0.05) is 70.5 Å². The minimum atomic E-state index is -0.211. The van der Waals surface area contributed by atoms with Gasteiger partial charge in [0.1, 0.15) is 5.75 Å². The number of hydrogen-bond donors (Lipinski definition) is 1. The molecule has 0 saturated carbocycles. The van der Waals surface area contributed by atoms with Crippen LogP contribution in [0.3, 0.4) is 0 Å². The maximum Gasteiger partial charge on any atom is 0.229 e. The number of halogens is 2. The molecule has 1 atom stereocenters. The third-order valence-electron chi connectivity index (χ3n) is 8.50. The first-order valence-electron chi connectivity index (χ1n) is 14.2. The van der Waals surface area contributed by atoms with Crippen molar-refractivity contribution < 1.29 is 14.3 Å². The molecule has 8 heteroatoms. The van der Waals surface area contributed by atoms with Crippen molar-refractivity contribution in [2.24, 2.45) is 5.41 Å². The minimum absolute atomic E-state index is 0. The summed E-state index contributed by atoms with van der Waals surface area (Å²) in [6.45, 7) is 4.24. The maximum absolute atomic E-state index is 13.5. The fraction of sp³-hybridized carbons (Fsp3) is 0.394. The Morgan fingerprint density at radius 1 is 0.927 bits per heavy atom. The van der Waals surface area contributed by atoms with Gasteiger partial charge in [-0.05, 0) is 79.7 Å². The lowest BCUT2D eigenvalue weighted by atomic mass is 9.77. The van der Waals surface area contributed by atoms with Gasteiger partial charge in [-0.15, -0.1) is 12.4 Å². The van der Waals surface area contributed by atoms with Gasteiger partial charge in [-0.3, -0.25) is 9.59 Å². The molecule has 41 heavy (non-hydrogen) atoms. The molecule has 0 aliphatic carbocycles. The highest BCUT2D eigenvalue weighted by atomic mass is 79.9. The van der Waals surface area contributed by atoms with Crippen LogP contribution in [0.4, 0.5) is 0 Å². The lowest BCUT2D eigenvalue weighted by molar-refractivity contribution is -0.139. The molecule has 5 rings (SSSR count). The standard InChI is InChI=1S/C33H38BrN3O3.ClH/c1-40-29-13-9-25(10-14-29)23-31(38)35-30(27-5-3-2-4-6-27)15-19-36-20-16-33(17-21-36)18-22-37(32(33)39)24-26-7-11-28(34)12-8-26;/h2-14,30H,15-24H2,1H3,(H,35,38);1H. The van der Waals surface area contributed by atoms with Gasteiger partial charge in [-0.2, -0.15) is 0 Å². The van der Waals surface area contributed by atoms with Crippen molar-refractivity contribution in [2.45, 2.75) is 44.7 Å². The molecule has 3 aromatic carbocycles. The van der Waals surface area contributed by atoms with E-state index in [1.807, 2.05) is 59.5 Å². The quantitative estimate of drug-likeness (QED) is 0.287. The van der Waals surface area contributed by atoms with Crippen LogP contribution in [-0.4, -0.2) is 54.9 Å². The molecule has 1 spiro atoms. The van der Waals surface area contributed by atoms with Crippen LogP contribution in [0.2, 0.25) is 0 Å². The number of amides is 2. The summed E-state index contributed by atoms with van der Waals surface area (Å²) in [5, 5.41) is 3.28. The Morgan fingerprint density at radius 2 is 1.56 bits per heavy atom. The molecule has 0 radical (unpaired) electrons. The number of piperidine rings is 1. The number of carbonyl (C=O) groups excluding carboxylic acids is 2. The van der Waals surface area contributed by atoms with Crippen LogP contribution in [0.15, 0.2) is 83.3 Å². The average molecular weight is 641 g/mol. The van der Waals surface area contributed by atoms with Crippen LogP contribution >= 0.6 is 28.3 Å². The monoisotopic (exact) mass is 639 g/mol. The highest BCUT2D eigenvalue weighted by Gasteiger charge is 2.47. The summed E-state index contributed by atoms with van der Waals surface area (Å²) < 4.78 is 6.28. The number of nitrogens with zero attached hydrogens (tertiary/aromatic N) is 2. The predicted molar refractivity (Wildman–Crippen MR) is 168 cm³/mol. The Hall–Kier alpha value is -2.87. The topological polar surface area (TPSA) is 61.9 Å². The highest BCUT2D eigenvalue weighted by molar-refractivity contribution is 9.10. The van der Waals surface area contributed by atoms with Gasteiger partial charge in [0.05, 0.1) is 25.0 Å². The Bertz CT molecular complexity index is 1280. The van der Waals surface area contributed by atoms with Gasteiger partial charge >= 0.3 is 0 Å². The Balaban J connectivity index is 0.00000387. The molecule has 3 aromatic rings. The van der Waals surface area contributed by atoms with E-state index in [0.717, 1.165) is 73.2 Å². The summed E-state index contributed by atoms with van der Waals surface area (Å²) in [6.07, 6.45) is 3.92. The van der Waals surface area contributed by atoms with Crippen LogP contribution in [0.1, 0.15) is 48.4 Å². The van der Waals surface area contributed by atoms with Gasteiger partial charge in [0.2, 0.25) is 11.8 Å². The van der Waals surface area contributed by atoms with Gasteiger partial charge in [0, 0.05) is 24.1 Å². The van der Waals surface area contributed by atoms with Crippen LogP contribution < -0.4 is 10.1 Å². The molecule has 1 unspecified atom stereocenters. The number of ether oxygens (including phenoxy) is 1. The van der Waals surface area contributed by atoms with E-state index in [-0.39, 0.29) is 29.8 Å². The predicted octanol–water partition coefficient (Wildman–Crippen LogP) is 6.18. The summed E-state index contributed by atoms with van der Waals surface area (Å²) in [5.41, 5.74) is 3.04. The zero-order chi connectivity index (χ0) is 28.0. The molecule has 2 amide bonds. The molecule has 2 heterocycles. The number of likely N-dealkylation sites (tertiary alicyclic amines) is 2. The van der Waals surface area contributed by atoms with Gasteiger partial charge in [-0.25, -0.2) is 0 Å². The molecule has 2 aliphatic rings. The zero-order valence-electron chi connectivity index (χ0n) is 23.6. The highest BCUT2D eigenvalue weighted by Crippen LogP contribution is 2.42. The second-order valence-electron chi connectivity index (χ2n) is 11.1. The Morgan fingerprint density at radius 3 is 2.22 bits per heavy atom. The zero-order valence-corrected chi connectivity index (χ0v) is 26.0. The molecule has 218 valence electrons. The lowest BCUT2D eigenvalue weighted by Crippen LogP contribution is -2.45. The van der Waals surface area contributed by atoms with Crippen molar-refractivity contribution >= 4 is 40.2 Å². The van der Waals surface area contributed by atoms with Crippen molar-refractivity contribution in [2.75, 3.05) is 33.3 Å². The fourth-order valence-corrected chi connectivity index (χ4v) is 6.28. The summed E-state index contributed by atoms with van der Waals surface area (Å²) in [4.78, 5) is 31.0. The molecule has 6 nitrogen and oxygen atoms in total. The number of hydrogen-bond acceptors (Lipinski definition) is 4. The van der Waals surface area contributed by atoms with Crippen molar-refractivity contribution in [1.29, 1.82) is 0 Å². The smallest absolute Gasteiger partial charge is 0.229 e. The Labute approximate surface area is 258 Å². The van der Waals surface area contributed by atoms with E-state index in [2.05, 4.69) is 50.4 Å². The van der Waals surface area contributed by atoms with E-state index in [1.165, 1.54) is 5.56 Å². The second kappa shape index (κ2) is 14.3. The third-order valence-corrected chi connectivity index (χ3v) is 9.02. The first kappa shape index (κ1) is 31.1. The van der Waals surface area contributed by atoms with Crippen LogP contribution in [-0.2, 0) is 22.6 Å². The largest absolute Gasteiger partial charge is 0.497 e. The number of benzene rings is 3. The van der Waals surface area contributed by atoms with Crippen molar-refractivity contribution in [1.82, 2.24) is 15.1 Å². The number of nitrogens with one attached hydrogen (secondary N) is 1. The third kappa shape index (κ3) is 7.91. The Kier molecular flexibility index (Phi) is 10.9. The van der Waals surface area contributed by atoms with Crippen molar-refractivity contribution in [3.63, 3.8) is 0 Å². The van der Waals surface area contributed by atoms with Gasteiger partial charge in [0.15, 0.2) is 0 Å². The van der Waals surface area contributed by atoms with Crippen molar-refractivity contribution in [3.8, 4) is 5.75 Å². The van der Waals surface area contributed by atoms with E-state index in [1.54, 1.807) is 7.11 Å². The molecular weight excluding hydrogens is 602 g/mol. The van der Waals surface area contributed by atoms with E-state index >= 15 is 0 Å². The van der Waals surface area contributed by atoms with E-state index < -0.39 is 0 Å². The van der Waals surface area contributed by atoms with E-state index in [4.69, 9.17) is 4.74 Å². The minimum Gasteiger partial charge on any atom is -0.497 e. The van der Waals surface area contributed by atoms with E-state index in [0.29, 0.717) is 18.9 Å². The first-order valence-corrected chi connectivity index (χ1v) is 15.0. The van der Waals surface area contributed by atoms with Gasteiger partial charge in [0.25, 0.3) is 0 Å². The molecule has 2 fully saturated rings. The number of methoxy groups -OCH3 is 1. The second-order valence-corrected chi connectivity index (χ2v) is 12.0. The first-order chi connectivity index (χ1) is 19.4. The van der Waals surface area contributed by atoms with Gasteiger partial charge < -0.3 is 19.9 Å². The lowest BCUT2D eigenvalue weighted by Gasteiger charge is -2.38. The van der Waals surface area contributed by atoms with Crippen molar-refractivity contribution in [3.05, 3.63) is 100 Å². The molecule has 2 aliphatic heterocycles. The molecule has 1 N–H and O–H groups in total. The summed E-state index contributed by atoms with van der Waals surface area (Å²) in [7, 11) is 1.64. The summed E-state index contributed by atoms with van der Waals surface area (Å²) in [5.74, 6) is 1.12. The summed E-state index contributed by atoms with van der Waals surface area (Å²) in [6, 6.07) is 26.0. The normalized spacial score (nSPS) is 17.2. The summed E-state index contributed by atoms with van der Waals surface area (Å²) >= 11 is 3.49. The maximum atomic E-state index is 13.5. The molecular formula is C33H39BrClN3O3. The number of carbonyl (C=O) groups is 2. The van der Waals surface area contributed by atoms with E-state index in [9.17, 15) is 9.59 Å². The SMILES string of the molecule is COc1ccc(CC(=O)NC(CCN2CCC3(CC2)CCN(Cc2ccc(Br)cc2)C3=O)c2ccccc2)cc1.Cl. The van der Waals surface area contributed by atoms with Crippen LogP contribution in [0.5, 0.6) is 5.75 Å². The molecule has 2 saturated heterocycles. The fourth-order valence-electron chi connectivity index (χ4n) is 6.02. The average Bonchev–Trinajstić information content (AvgIpc) is 3.28. The van der Waals surface area contributed by atoms with Crippen LogP contribution in [0, 0.1) is 5.41 Å². The molecule has 0 bridgehead atoms. The number of rotatable bonds is 10. The van der Waals surface area contributed by atoms with Crippen LogP contribution in [0.25, 0.3) is 0 Å². The molecule has 0 aromatic heterocycles.